The fourth-order valence-electron chi connectivity index (χ4n) is 1.08. The molecule has 1 heterocycles. The molecule has 1 aromatic heterocycles. The molecule has 0 N–H and O–H groups in total. The van der Waals surface area contributed by atoms with Gasteiger partial charge < -0.3 is 14.2 Å². The van der Waals surface area contributed by atoms with Crippen LogP contribution < -0.4 is 9.47 Å². The summed E-state index contributed by atoms with van der Waals surface area (Å²) in [5.41, 5.74) is -0.0601. The average molecular weight is 377 g/mol. The maximum absolute atomic E-state index is 12.0. The van der Waals surface area contributed by atoms with E-state index in [0.29, 0.717) is 0 Å². The lowest BCUT2D eigenvalue weighted by Gasteiger charge is -2.12. The molecule has 0 atom stereocenters. The summed E-state index contributed by atoms with van der Waals surface area (Å²) in [6.07, 6.45) is -4.87. The van der Waals surface area contributed by atoms with E-state index in [1.807, 2.05) is 0 Å². The van der Waals surface area contributed by atoms with Crippen LogP contribution in [-0.4, -0.2) is 31.5 Å². The quantitative estimate of drug-likeness (QED) is 0.598. The molecule has 0 spiro atoms. The number of rotatable bonds is 3. The number of pyridine rings is 1. The summed E-state index contributed by atoms with van der Waals surface area (Å²) in [6.45, 7) is 0. The maximum Gasteiger partial charge on any atom is 0.574 e. The van der Waals surface area contributed by atoms with Crippen molar-refractivity contribution in [3.8, 4) is 11.8 Å². The molecule has 0 aromatic carbocycles. The van der Waals surface area contributed by atoms with Gasteiger partial charge in [0.25, 0.3) is 0 Å². The van der Waals surface area contributed by atoms with Gasteiger partial charge in [-0.25, -0.2) is 4.79 Å². The molecule has 100 valence electrons. The molecule has 0 radical (unpaired) electrons. The van der Waals surface area contributed by atoms with Crippen molar-refractivity contribution >= 4 is 28.6 Å². The predicted molar refractivity (Wildman–Crippen MR) is 61.5 cm³/mol. The first-order valence-corrected chi connectivity index (χ1v) is 5.45. The molecular weight excluding hydrogens is 370 g/mol. The summed E-state index contributed by atoms with van der Waals surface area (Å²) in [7, 11) is 2.31. The Bertz CT molecular complexity index is 464. The Kier molecular flexibility index (Phi) is 4.59. The number of ether oxygens (including phenoxy) is 3. The molecule has 0 saturated heterocycles. The first-order chi connectivity index (χ1) is 8.28. The smallest absolute Gasteiger partial charge is 0.480 e. The number of nitrogens with zero attached hydrogens (tertiary/aromatic N) is 1. The van der Waals surface area contributed by atoms with Crippen molar-refractivity contribution in [3.63, 3.8) is 0 Å². The minimum absolute atomic E-state index is 0.0601. The van der Waals surface area contributed by atoms with Crippen LogP contribution in [0, 0.1) is 3.57 Å². The van der Waals surface area contributed by atoms with Crippen LogP contribution >= 0.6 is 22.6 Å². The molecule has 0 bridgehead atoms. The standard InChI is InChI=1S/C9H7F3INO4/c1-16-7-6(8(15)17-2)4(13)3-5(14-7)18-9(10,11)12/h3H,1-2H3. The van der Waals surface area contributed by atoms with Crippen LogP contribution in [0.15, 0.2) is 6.07 Å². The average Bonchev–Trinajstić information content (AvgIpc) is 2.24. The minimum atomic E-state index is -4.87. The highest BCUT2D eigenvalue weighted by Gasteiger charge is 2.33. The first-order valence-electron chi connectivity index (χ1n) is 4.37. The Hall–Kier alpha value is -1.26. The number of alkyl halides is 3. The molecule has 1 aromatic rings. The third-order valence-corrected chi connectivity index (χ3v) is 2.57. The Morgan fingerprint density at radius 1 is 1.39 bits per heavy atom. The lowest BCUT2D eigenvalue weighted by atomic mass is 10.3. The number of halogens is 4. The van der Waals surface area contributed by atoms with Crippen LogP contribution in [0.4, 0.5) is 13.2 Å². The number of aromatic nitrogens is 1. The van der Waals surface area contributed by atoms with Crippen molar-refractivity contribution in [1.29, 1.82) is 0 Å². The largest absolute Gasteiger partial charge is 0.574 e. The lowest BCUT2D eigenvalue weighted by molar-refractivity contribution is -0.276. The van der Waals surface area contributed by atoms with Crippen LogP contribution in [0.25, 0.3) is 0 Å². The van der Waals surface area contributed by atoms with Gasteiger partial charge in [0.05, 0.1) is 14.2 Å². The lowest BCUT2D eigenvalue weighted by Crippen LogP contribution is -2.19. The van der Waals surface area contributed by atoms with E-state index in [9.17, 15) is 18.0 Å². The highest BCUT2D eigenvalue weighted by molar-refractivity contribution is 14.1. The van der Waals surface area contributed by atoms with Gasteiger partial charge in [-0.1, -0.05) is 0 Å². The van der Waals surface area contributed by atoms with Gasteiger partial charge in [-0.3, -0.25) is 0 Å². The van der Waals surface area contributed by atoms with Crippen molar-refractivity contribution in [1.82, 2.24) is 4.98 Å². The molecule has 0 aliphatic carbocycles. The van der Waals surface area contributed by atoms with Gasteiger partial charge in [0.1, 0.15) is 5.56 Å². The monoisotopic (exact) mass is 377 g/mol. The Labute approximate surface area is 113 Å². The van der Waals surface area contributed by atoms with Gasteiger partial charge in [0.15, 0.2) is 0 Å². The molecule has 0 aliphatic rings. The molecule has 0 unspecified atom stereocenters. The molecule has 1 rings (SSSR count). The van der Waals surface area contributed by atoms with Gasteiger partial charge in [0, 0.05) is 9.64 Å². The summed E-state index contributed by atoms with van der Waals surface area (Å²) in [5, 5.41) is 0. The Morgan fingerprint density at radius 3 is 2.44 bits per heavy atom. The number of methoxy groups -OCH3 is 2. The van der Waals surface area contributed by atoms with E-state index >= 15 is 0 Å². The van der Waals surface area contributed by atoms with E-state index in [0.717, 1.165) is 13.2 Å². The topological polar surface area (TPSA) is 57.7 Å². The zero-order chi connectivity index (χ0) is 13.9. The third kappa shape index (κ3) is 3.62. The van der Waals surface area contributed by atoms with Gasteiger partial charge >= 0.3 is 12.3 Å². The molecule has 0 fully saturated rings. The highest BCUT2D eigenvalue weighted by atomic mass is 127. The molecule has 9 heteroatoms. The van der Waals surface area contributed by atoms with Gasteiger partial charge in [0.2, 0.25) is 11.8 Å². The van der Waals surface area contributed by atoms with Crippen LogP contribution in [0.5, 0.6) is 11.8 Å². The second-order valence-electron chi connectivity index (χ2n) is 2.87. The number of hydrogen-bond donors (Lipinski definition) is 0. The van der Waals surface area contributed by atoms with Gasteiger partial charge in [-0.05, 0) is 22.6 Å². The molecule has 18 heavy (non-hydrogen) atoms. The summed E-state index contributed by atoms with van der Waals surface area (Å²) in [6, 6.07) is 0.961. The minimum Gasteiger partial charge on any atom is -0.480 e. The molecule has 5 nitrogen and oxygen atoms in total. The number of carbonyl (C=O) groups is 1. The molecule has 0 saturated carbocycles. The summed E-state index contributed by atoms with van der Waals surface area (Å²) >= 11 is 1.66. The first kappa shape index (κ1) is 14.8. The summed E-state index contributed by atoms with van der Waals surface area (Å²) in [4.78, 5) is 14.8. The highest BCUT2D eigenvalue weighted by Crippen LogP contribution is 2.29. The van der Waals surface area contributed by atoms with Crippen molar-refractivity contribution in [2.75, 3.05) is 14.2 Å². The molecule has 0 aliphatic heterocycles. The predicted octanol–water partition coefficient (Wildman–Crippen LogP) is 2.38. The molecular formula is C9H7F3INO4. The fourth-order valence-corrected chi connectivity index (χ4v) is 1.79. The van der Waals surface area contributed by atoms with Crippen molar-refractivity contribution in [2.24, 2.45) is 0 Å². The van der Waals surface area contributed by atoms with Crippen molar-refractivity contribution < 1.29 is 32.2 Å². The van der Waals surface area contributed by atoms with E-state index in [2.05, 4.69) is 14.5 Å². The number of esters is 1. The van der Waals surface area contributed by atoms with E-state index < -0.39 is 18.2 Å². The van der Waals surface area contributed by atoms with Gasteiger partial charge in [-0.2, -0.15) is 4.98 Å². The van der Waals surface area contributed by atoms with Crippen molar-refractivity contribution in [2.45, 2.75) is 6.36 Å². The zero-order valence-electron chi connectivity index (χ0n) is 9.17. The van der Waals surface area contributed by atoms with Gasteiger partial charge in [-0.15, -0.1) is 13.2 Å². The second kappa shape index (κ2) is 5.59. The van der Waals surface area contributed by atoms with Crippen molar-refractivity contribution in [3.05, 3.63) is 15.2 Å². The van der Waals surface area contributed by atoms with E-state index in [1.54, 1.807) is 22.6 Å². The normalized spacial score (nSPS) is 11.0. The van der Waals surface area contributed by atoms with E-state index in [-0.39, 0.29) is 15.0 Å². The van der Waals surface area contributed by atoms with E-state index in [1.165, 1.54) is 7.11 Å². The number of carbonyl (C=O) groups excluding carboxylic acids is 1. The number of hydrogen-bond acceptors (Lipinski definition) is 5. The summed E-state index contributed by atoms with van der Waals surface area (Å²) < 4.78 is 49.1. The Morgan fingerprint density at radius 2 is 2.00 bits per heavy atom. The van der Waals surface area contributed by atoms with Crippen LogP contribution in [0.2, 0.25) is 0 Å². The summed E-state index contributed by atoms with van der Waals surface area (Å²) in [5.74, 6) is -1.77. The Balaban J connectivity index is 3.23. The SMILES string of the molecule is COC(=O)c1c(I)cc(OC(F)(F)F)nc1OC. The second-order valence-corrected chi connectivity index (χ2v) is 4.03. The third-order valence-electron chi connectivity index (χ3n) is 1.72. The van der Waals surface area contributed by atoms with Crippen LogP contribution in [0.3, 0.4) is 0 Å². The van der Waals surface area contributed by atoms with Crippen LogP contribution in [0.1, 0.15) is 10.4 Å². The van der Waals surface area contributed by atoms with Crippen LogP contribution in [-0.2, 0) is 4.74 Å². The zero-order valence-corrected chi connectivity index (χ0v) is 11.3. The molecule has 0 amide bonds. The fraction of sp³-hybridized carbons (Fsp3) is 0.333. The van der Waals surface area contributed by atoms with E-state index in [4.69, 9.17) is 4.74 Å². The maximum atomic E-state index is 12.0.